The third-order valence-corrected chi connectivity index (χ3v) is 6.01. The van der Waals surface area contributed by atoms with Gasteiger partial charge in [0.05, 0.1) is 6.54 Å². The lowest BCUT2D eigenvalue weighted by atomic mass is 9.88. The van der Waals surface area contributed by atoms with Crippen molar-refractivity contribution in [2.45, 2.75) is 76.9 Å². The smallest absolute Gasteiger partial charge is 0.191 e. The van der Waals surface area contributed by atoms with Crippen molar-refractivity contribution in [2.24, 2.45) is 4.99 Å². The molecule has 0 amide bonds. The number of aromatic nitrogens is 3. The van der Waals surface area contributed by atoms with Crippen molar-refractivity contribution in [3.63, 3.8) is 0 Å². The summed E-state index contributed by atoms with van der Waals surface area (Å²) in [5, 5.41) is 15.6. The lowest BCUT2D eigenvalue weighted by molar-refractivity contribution is 0.508. The third-order valence-electron chi connectivity index (χ3n) is 6.01. The first-order valence-corrected chi connectivity index (χ1v) is 10.8. The van der Waals surface area contributed by atoms with Crippen molar-refractivity contribution in [3.05, 3.63) is 47.5 Å². The van der Waals surface area contributed by atoms with Gasteiger partial charge in [-0.25, -0.2) is 0 Å². The zero-order valence-electron chi connectivity index (χ0n) is 17.3. The number of hydrogen-bond donors (Lipinski definition) is 2. The number of hydrogen-bond acceptors (Lipinski definition) is 3. The van der Waals surface area contributed by atoms with E-state index in [-0.39, 0.29) is 24.0 Å². The van der Waals surface area contributed by atoms with Crippen LogP contribution in [0.3, 0.4) is 0 Å². The molecule has 1 aromatic carbocycles. The highest BCUT2D eigenvalue weighted by Crippen LogP contribution is 2.21. The molecular formula is C22H33IN6. The molecule has 2 aliphatic rings. The number of aliphatic imine (C=N–C) groups is 1. The van der Waals surface area contributed by atoms with E-state index in [1.54, 1.807) is 0 Å². The zero-order valence-corrected chi connectivity index (χ0v) is 19.6. The van der Waals surface area contributed by atoms with Gasteiger partial charge in [0.15, 0.2) is 5.96 Å². The van der Waals surface area contributed by atoms with Crippen molar-refractivity contribution in [1.29, 1.82) is 0 Å². The maximum Gasteiger partial charge on any atom is 0.191 e. The molecule has 2 N–H and O–H groups in total. The van der Waals surface area contributed by atoms with Crippen LogP contribution in [-0.4, -0.2) is 39.4 Å². The minimum atomic E-state index is 0. The van der Waals surface area contributed by atoms with Gasteiger partial charge in [0.25, 0.3) is 0 Å². The number of aryl methyl sites for hydroxylation is 2. The second-order valence-electron chi connectivity index (χ2n) is 8.00. The summed E-state index contributed by atoms with van der Waals surface area (Å²) in [6, 6.07) is 9.84. The molecule has 0 saturated heterocycles. The first-order chi connectivity index (χ1) is 13.8. The van der Waals surface area contributed by atoms with E-state index < -0.39 is 0 Å². The summed E-state index contributed by atoms with van der Waals surface area (Å²) in [6.07, 6.45) is 11.2. The molecule has 158 valence electrons. The Kier molecular flexibility index (Phi) is 8.32. The highest BCUT2D eigenvalue weighted by atomic mass is 127. The Morgan fingerprint density at radius 3 is 2.66 bits per heavy atom. The normalized spacial score (nSPS) is 19.5. The number of rotatable bonds is 6. The van der Waals surface area contributed by atoms with E-state index in [1.165, 1.54) is 36.8 Å². The van der Waals surface area contributed by atoms with Crippen LogP contribution in [0.15, 0.2) is 35.6 Å². The van der Waals surface area contributed by atoms with Crippen LogP contribution >= 0.6 is 24.0 Å². The van der Waals surface area contributed by atoms with Gasteiger partial charge < -0.3 is 15.2 Å². The monoisotopic (exact) mass is 508 g/mol. The fourth-order valence-electron chi connectivity index (χ4n) is 4.42. The molecular weight excluding hydrogens is 475 g/mol. The van der Waals surface area contributed by atoms with Gasteiger partial charge in [-0.2, -0.15) is 0 Å². The molecule has 2 aliphatic carbocycles. The molecule has 6 nitrogen and oxygen atoms in total. The van der Waals surface area contributed by atoms with Crippen LogP contribution in [0.2, 0.25) is 0 Å². The molecule has 1 fully saturated rings. The van der Waals surface area contributed by atoms with E-state index >= 15 is 0 Å². The molecule has 29 heavy (non-hydrogen) atoms. The summed E-state index contributed by atoms with van der Waals surface area (Å²) in [5.74, 6) is 2.00. The minimum absolute atomic E-state index is 0. The SMILES string of the molecule is CCc1nncn1CCN=C(NC1CCCC1)NC1CCc2ccccc2C1.I. The van der Waals surface area contributed by atoms with Gasteiger partial charge in [-0.15, -0.1) is 34.2 Å². The average molecular weight is 508 g/mol. The van der Waals surface area contributed by atoms with E-state index in [9.17, 15) is 0 Å². The predicted molar refractivity (Wildman–Crippen MR) is 128 cm³/mol. The van der Waals surface area contributed by atoms with E-state index in [2.05, 4.69) is 56.6 Å². The van der Waals surface area contributed by atoms with Crippen molar-refractivity contribution >= 4 is 29.9 Å². The van der Waals surface area contributed by atoms with E-state index in [1.807, 2.05) is 6.33 Å². The molecule has 1 aromatic heterocycles. The highest BCUT2D eigenvalue weighted by molar-refractivity contribution is 14.0. The van der Waals surface area contributed by atoms with Crippen LogP contribution in [0.4, 0.5) is 0 Å². The van der Waals surface area contributed by atoms with E-state index in [0.717, 1.165) is 50.6 Å². The maximum absolute atomic E-state index is 4.91. The van der Waals surface area contributed by atoms with E-state index in [0.29, 0.717) is 12.1 Å². The van der Waals surface area contributed by atoms with Crippen LogP contribution < -0.4 is 10.6 Å². The number of benzene rings is 1. The lowest BCUT2D eigenvalue weighted by Crippen LogP contribution is -2.48. The van der Waals surface area contributed by atoms with Crippen LogP contribution in [0, 0.1) is 0 Å². The molecule has 2 aromatic rings. The Bertz CT molecular complexity index is 796. The molecule has 1 atom stereocenters. The van der Waals surface area contributed by atoms with Crippen molar-refractivity contribution in [3.8, 4) is 0 Å². The molecule has 7 heteroatoms. The maximum atomic E-state index is 4.91. The fraction of sp³-hybridized carbons (Fsp3) is 0.591. The lowest BCUT2D eigenvalue weighted by Gasteiger charge is -2.28. The molecule has 1 saturated carbocycles. The minimum Gasteiger partial charge on any atom is -0.354 e. The molecule has 4 rings (SSSR count). The van der Waals surface area contributed by atoms with Crippen LogP contribution in [-0.2, 0) is 25.8 Å². The third kappa shape index (κ3) is 5.93. The summed E-state index contributed by atoms with van der Waals surface area (Å²) < 4.78 is 2.10. The Balaban J connectivity index is 0.00000240. The van der Waals surface area contributed by atoms with Crippen LogP contribution in [0.1, 0.15) is 56.0 Å². The Morgan fingerprint density at radius 1 is 1.10 bits per heavy atom. The number of nitrogens with zero attached hydrogens (tertiary/aromatic N) is 4. The van der Waals surface area contributed by atoms with Crippen molar-refractivity contribution < 1.29 is 0 Å². The summed E-state index contributed by atoms with van der Waals surface area (Å²) in [4.78, 5) is 4.91. The summed E-state index contributed by atoms with van der Waals surface area (Å²) in [5.41, 5.74) is 2.98. The van der Waals surface area contributed by atoms with Crippen molar-refractivity contribution in [2.75, 3.05) is 6.54 Å². The van der Waals surface area contributed by atoms with E-state index in [4.69, 9.17) is 4.99 Å². The summed E-state index contributed by atoms with van der Waals surface area (Å²) in [7, 11) is 0. The van der Waals surface area contributed by atoms with Gasteiger partial charge in [0.1, 0.15) is 12.2 Å². The van der Waals surface area contributed by atoms with Gasteiger partial charge >= 0.3 is 0 Å². The Morgan fingerprint density at radius 2 is 1.86 bits per heavy atom. The van der Waals surface area contributed by atoms with Crippen molar-refractivity contribution in [1.82, 2.24) is 25.4 Å². The molecule has 0 bridgehead atoms. The van der Waals surface area contributed by atoms with Gasteiger partial charge in [0.2, 0.25) is 0 Å². The molecule has 0 aliphatic heterocycles. The number of guanidine groups is 1. The van der Waals surface area contributed by atoms with Gasteiger partial charge in [-0.3, -0.25) is 4.99 Å². The highest BCUT2D eigenvalue weighted by Gasteiger charge is 2.21. The molecule has 1 unspecified atom stereocenters. The van der Waals surface area contributed by atoms with Gasteiger partial charge in [-0.1, -0.05) is 44.0 Å². The largest absolute Gasteiger partial charge is 0.354 e. The fourth-order valence-corrected chi connectivity index (χ4v) is 4.42. The summed E-state index contributed by atoms with van der Waals surface area (Å²) in [6.45, 7) is 3.66. The zero-order chi connectivity index (χ0) is 19.2. The van der Waals surface area contributed by atoms with Gasteiger partial charge in [0, 0.05) is 25.0 Å². The first kappa shape index (κ1) is 22.1. The number of fused-ring (bicyclic) bond motifs is 1. The number of halogens is 1. The van der Waals surface area contributed by atoms with Crippen LogP contribution in [0.25, 0.3) is 0 Å². The van der Waals surface area contributed by atoms with Gasteiger partial charge in [-0.05, 0) is 43.2 Å². The molecule has 1 heterocycles. The second-order valence-corrected chi connectivity index (χ2v) is 8.00. The standard InChI is InChI=1S/C22H32N6.HI/c1-2-21-27-24-16-28(21)14-13-23-22(25-19-9-5-6-10-19)26-20-12-11-17-7-3-4-8-18(17)15-20;/h3-4,7-8,16,19-20H,2,5-6,9-15H2,1H3,(H2,23,25,26);1H. The predicted octanol–water partition coefficient (Wildman–Crippen LogP) is 3.49. The molecule has 0 radical (unpaired) electrons. The summed E-state index contributed by atoms with van der Waals surface area (Å²) >= 11 is 0. The quantitative estimate of drug-likeness (QED) is 0.356. The topological polar surface area (TPSA) is 67.1 Å². The average Bonchev–Trinajstić information content (AvgIpc) is 3.39. The Labute approximate surface area is 191 Å². The Hall–Kier alpha value is -1.64. The number of nitrogens with one attached hydrogen (secondary N) is 2. The molecule has 0 spiro atoms. The van der Waals surface area contributed by atoms with Crippen LogP contribution in [0.5, 0.6) is 0 Å². The first-order valence-electron chi connectivity index (χ1n) is 10.8. The second kappa shape index (κ2) is 10.9.